The normalized spacial score (nSPS) is 20.8. The second kappa shape index (κ2) is 5.19. The van der Waals surface area contributed by atoms with Gasteiger partial charge >= 0.3 is 0 Å². The molecule has 4 heteroatoms. The summed E-state index contributed by atoms with van der Waals surface area (Å²) in [5.41, 5.74) is 2.15. The number of hydrogen-bond donors (Lipinski definition) is 1. The van der Waals surface area contributed by atoms with E-state index in [1.165, 1.54) is 5.56 Å². The van der Waals surface area contributed by atoms with E-state index in [1.807, 2.05) is 31.0 Å². The van der Waals surface area contributed by atoms with Crippen LogP contribution in [0.3, 0.4) is 0 Å². The van der Waals surface area contributed by atoms with E-state index in [0.717, 1.165) is 29.5 Å². The Hall–Kier alpha value is -0.870. The Kier molecular flexibility index (Phi) is 3.84. The van der Waals surface area contributed by atoms with E-state index in [4.69, 9.17) is 0 Å². The molecular formula is C13H17BrN2O. The van der Waals surface area contributed by atoms with Crippen LogP contribution in [0, 0.1) is 6.92 Å². The minimum Gasteiger partial charge on any atom is -0.310 e. The highest BCUT2D eigenvalue weighted by molar-refractivity contribution is 9.10. The van der Waals surface area contributed by atoms with Gasteiger partial charge in [-0.2, -0.15) is 0 Å². The molecule has 1 N–H and O–H groups in total. The van der Waals surface area contributed by atoms with Gasteiger partial charge in [-0.1, -0.05) is 6.07 Å². The van der Waals surface area contributed by atoms with Crippen molar-refractivity contribution in [3.05, 3.63) is 28.2 Å². The van der Waals surface area contributed by atoms with Gasteiger partial charge in [0, 0.05) is 11.0 Å². The highest BCUT2D eigenvalue weighted by atomic mass is 79.9. The van der Waals surface area contributed by atoms with Crippen molar-refractivity contribution in [1.82, 2.24) is 5.32 Å². The van der Waals surface area contributed by atoms with Crippen LogP contribution in [-0.2, 0) is 4.79 Å². The standard InChI is InChI=1S/C13H17BrN2O/c1-9-5-6-10(14)12(8-9)16-7-3-4-11(15-2)13(16)17/h5-6,8,11,15H,3-4,7H2,1-2H3. The van der Waals surface area contributed by atoms with E-state index >= 15 is 0 Å². The molecule has 1 aromatic carbocycles. The summed E-state index contributed by atoms with van der Waals surface area (Å²) in [6.07, 6.45) is 1.97. The number of hydrogen-bond acceptors (Lipinski definition) is 2. The number of halogens is 1. The molecule has 1 fully saturated rings. The number of likely N-dealkylation sites (N-methyl/N-ethyl adjacent to an activating group) is 1. The lowest BCUT2D eigenvalue weighted by Gasteiger charge is -2.32. The predicted molar refractivity (Wildman–Crippen MR) is 73.3 cm³/mol. The number of rotatable bonds is 2. The van der Waals surface area contributed by atoms with Gasteiger partial charge in [0.15, 0.2) is 0 Å². The second-order valence-corrected chi connectivity index (χ2v) is 5.28. The van der Waals surface area contributed by atoms with Crippen LogP contribution >= 0.6 is 15.9 Å². The monoisotopic (exact) mass is 296 g/mol. The smallest absolute Gasteiger partial charge is 0.244 e. The SMILES string of the molecule is CNC1CCCN(c2cc(C)ccc2Br)C1=O. The third-order valence-electron chi connectivity index (χ3n) is 3.18. The van der Waals surface area contributed by atoms with E-state index in [-0.39, 0.29) is 11.9 Å². The van der Waals surface area contributed by atoms with Gasteiger partial charge in [0.05, 0.1) is 11.7 Å². The molecule has 17 heavy (non-hydrogen) atoms. The molecule has 2 rings (SSSR count). The molecule has 1 aliphatic rings. The summed E-state index contributed by atoms with van der Waals surface area (Å²) < 4.78 is 0.980. The minimum atomic E-state index is -0.0452. The maximum atomic E-state index is 12.3. The first-order valence-corrected chi connectivity index (χ1v) is 6.67. The Morgan fingerprint density at radius 3 is 2.94 bits per heavy atom. The maximum absolute atomic E-state index is 12.3. The van der Waals surface area contributed by atoms with Crippen LogP contribution in [0.4, 0.5) is 5.69 Å². The van der Waals surface area contributed by atoms with Crippen molar-refractivity contribution in [3.63, 3.8) is 0 Å². The average molecular weight is 297 g/mol. The van der Waals surface area contributed by atoms with Gasteiger partial charge in [-0.25, -0.2) is 0 Å². The molecule has 1 aromatic rings. The maximum Gasteiger partial charge on any atom is 0.244 e. The highest BCUT2D eigenvalue weighted by Crippen LogP contribution is 2.30. The van der Waals surface area contributed by atoms with Crippen LogP contribution in [0.25, 0.3) is 0 Å². The van der Waals surface area contributed by atoms with Crippen molar-refractivity contribution in [2.75, 3.05) is 18.5 Å². The zero-order chi connectivity index (χ0) is 12.4. The summed E-state index contributed by atoms with van der Waals surface area (Å²) in [7, 11) is 1.84. The molecule has 0 aromatic heterocycles. The number of anilines is 1. The Labute approximate surface area is 110 Å². The molecular weight excluding hydrogens is 280 g/mol. The number of carbonyl (C=O) groups excluding carboxylic acids is 1. The number of nitrogens with one attached hydrogen (secondary N) is 1. The first kappa shape index (κ1) is 12.6. The summed E-state index contributed by atoms with van der Waals surface area (Å²) in [5.74, 6) is 0.171. The molecule has 92 valence electrons. The van der Waals surface area contributed by atoms with Crippen molar-refractivity contribution < 1.29 is 4.79 Å². The Balaban J connectivity index is 2.32. The van der Waals surface area contributed by atoms with Crippen molar-refractivity contribution in [1.29, 1.82) is 0 Å². The van der Waals surface area contributed by atoms with E-state index in [2.05, 4.69) is 27.3 Å². The zero-order valence-electron chi connectivity index (χ0n) is 10.2. The van der Waals surface area contributed by atoms with E-state index in [1.54, 1.807) is 0 Å². The number of aryl methyl sites for hydroxylation is 1. The number of nitrogens with zero attached hydrogens (tertiary/aromatic N) is 1. The largest absolute Gasteiger partial charge is 0.310 e. The summed E-state index contributed by atoms with van der Waals surface area (Å²) in [6, 6.07) is 6.05. The molecule has 0 radical (unpaired) electrons. The zero-order valence-corrected chi connectivity index (χ0v) is 11.8. The number of amides is 1. The van der Waals surface area contributed by atoms with Crippen LogP contribution in [-0.4, -0.2) is 25.5 Å². The van der Waals surface area contributed by atoms with Gasteiger partial charge in [-0.15, -0.1) is 0 Å². The van der Waals surface area contributed by atoms with Gasteiger partial charge in [-0.05, 0) is 60.4 Å². The van der Waals surface area contributed by atoms with Crippen molar-refractivity contribution in [2.45, 2.75) is 25.8 Å². The number of piperidine rings is 1. The fourth-order valence-corrected chi connectivity index (χ4v) is 2.67. The van der Waals surface area contributed by atoms with Gasteiger partial charge in [-0.3, -0.25) is 4.79 Å². The molecule has 1 unspecified atom stereocenters. The van der Waals surface area contributed by atoms with Crippen molar-refractivity contribution >= 4 is 27.5 Å². The van der Waals surface area contributed by atoms with Crippen LogP contribution in [0.1, 0.15) is 18.4 Å². The summed E-state index contributed by atoms with van der Waals surface area (Å²) in [4.78, 5) is 14.1. The molecule has 0 aliphatic carbocycles. The molecule has 3 nitrogen and oxygen atoms in total. The third-order valence-corrected chi connectivity index (χ3v) is 3.85. The van der Waals surface area contributed by atoms with E-state index < -0.39 is 0 Å². The molecule has 1 saturated heterocycles. The van der Waals surface area contributed by atoms with Gasteiger partial charge in [0.2, 0.25) is 5.91 Å². The average Bonchev–Trinajstić information content (AvgIpc) is 2.33. The molecule has 1 aliphatic heterocycles. The molecule has 1 amide bonds. The predicted octanol–water partition coefficient (Wildman–Crippen LogP) is 2.47. The lowest BCUT2D eigenvalue weighted by Crippen LogP contribution is -2.49. The molecule has 0 saturated carbocycles. The van der Waals surface area contributed by atoms with Crippen LogP contribution in [0.15, 0.2) is 22.7 Å². The number of carbonyl (C=O) groups is 1. The first-order valence-electron chi connectivity index (χ1n) is 5.88. The first-order chi connectivity index (χ1) is 8.13. The molecule has 1 heterocycles. The second-order valence-electron chi connectivity index (χ2n) is 4.43. The van der Waals surface area contributed by atoms with E-state index in [9.17, 15) is 4.79 Å². The summed E-state index contributed by atoms with van der Waals surface area (Å²) in [5, 5.41) is 3.08. The van der Waals surface area contributed by atoms with Gasteiger partial charge in [0.25, 0.3) is 0 Å². The topological polar surface area (TPSA) is 32.3 Å². The Morgan fingerprint density at radius 2 is 2.24 bits per heavy atom. The highest BCUT2D eigenvalue weighted by Gasteiger charge is 2.29. The fraction of sp³-hybridized carbons (Fsp3) is 0.462. The lowest BCUT2D eigenvalue weighted by molar-refractivity contribution is -0.121. The summed E-state index contributed by atoms with van der Waals surface area (Å²) >= 11 is 3.52. The fourth-order valence-electron chi connectivity index (χ4n) is 2.21. The lowest BCUT2D eigenvalue weighted by atomic mass is 10.0. The van der Waals surface area contributed by atoms with Crippen molar-refractivity contribution in [2.24, 2.45) is 0 Å². The van der Waals surface area contributed by atoms with E-state index in [0.29, 0.717) is 0 Å². The molecule has 1 atom stereocenters. The molecule has 0 spiro atoms. The Morgan fingerprint density at radius 1 is 1.47 bits per heavy atom. The van der Waals surface area contributed by atoms with Gasteiger partial charge < -0.3 is 10.2 Å². The Bertz CT molecular complexity index is 433. The summed E-state index contributed by atoms with van der Waals surface area (Å²) in [6.45, 7) is 2.85. The van der Waals surface area contributed by atoms with Crippen LogP contribution in [0.5, 0.6) is 0 Å². The van der Waals surface area contributed by atoms with Gasteiger partial charge in [0.1, 0.15) is 0 Å². The van der Waals surface area contributed by atoms with Crippen LogP contribution in [0.2, 0.25) is 0 Å². The quantitative estimate of drug-likeness (QED) is 0.909. The van der Waals surface area contributed by atoms with Crippen molar-refractivity contribution in [3.8, 4) is 0 Å². The number of benzene rings is 1. The molecule has 0 bridgehead atoms. The minimum absolute atomic E-state index is 0.0452. The third kappa shape index (κ3) is 2.53. The van der Waals surface area contributed by atoms with Crippen LogP contribution < -0.4 is 10.2 Å².